The molecule has 17 heavy (non-hydrogen) atoms. The molecule has 0 unspecified atom stereocenters. The lowest BCUT2D eigenvalue weighted by molar-refractivity contribution is -0.133. The van der Waals surface area contributed by atoms with Crippen LogP contribution in [-0.2, 0) is 9.53 Å². The van der Waals surface area contributed by atoms with Crippen LogP contribution >= 0.6 is 22.6 Å². The van der Waals surface area contributed by atoms with E-state index in [0.29, 0.717) is 32.8 Å². The van der Waals surface area contributed by atoms with Gasteiger partial charge in [-0.2, -0.15) is 0 Å². The number of hydrogen-bond acceptors (Lipinski definition) is 3. The molecule has 1 aliphatic heterocycles. The lowest BCUT2D eigenvalue weighted by Gasteiger charge is -2.27. The zero-order valence-corrected chi connectivity index (χ0v) is 11.6. The number of amides is 1. The molecule has 1 aromatic rings. The monoisotopic (exact) mass is 346 g/mol. The lowest BCUT2D eigenvalue weighted by Crippen LogP contribution is -2.43. The summed E-state index contributed by atoms with van der Waals surface area (Å²) >= 11 is 2.25. The Balaban J connectivity index is 1.83. The number of carbonyl (C=O) groups excluding carboxylic acids is 1. The summed E-state index contributed by atoms with van der Waals surface area (Å²) in [6, 6.07) is 7.99. The third-order valence-electron chi connectivity index (χ3n) is 2.63. The highest BCUT2D eigenvalue weighted by Gasteiger charge is 2.15. The number of nitrogens with zero attached hydrogens (tertiary/aromatic N) is 1. The minimum atomic E-state index is 0.132. The zero-order chi connectivity index (χ0) is 12.1. The van der Waals surface area contributed by atoms with Crippen molar-refractivity contribution in [2.75, 3.05) is 38.2 Å². The average Bonchev–Trinajstić information content (AvgIpc) is 2.37. The van der Waals surface area contributed by atoms with E-state index in [-0.39, 0.29) is 5.91 Å². The van der Waals surface area contributed by atoms with Crippen molar-refractivity contribution >= 4 is 34.2 Å². The molecule has 92 valence electrons. The molecule has 1 heterocycles. The second-order valence-corrected chi connectivity index (χ2v) is 5.10. The molecule has 0 bridgehead atoms. The summed E-state index contributed by atoms with van der Waals surface area (Å²) in [6.45, 7) is 3.05. The van der Waals surface area contributed by atoms with Crippen LogP contribution in [0.2, 0.25) is 0 Å². The maximum absolute atomic E-state index is 11.9. The Morgan fingerprint density at radius 3 is 2.88 bits per heavy atom. The third kappa shape index (κ3) is 3.85. The van der Waals surface area contributed by atoms with E-state index in [1.165, 1.54) is 0 Å². The van der Waals surface area contributed by atoms with E-state index in [2.05, 4.69) is 27.9 Å². The molecule has 1 amide bonds. The Labute approximate surface area is 114 Å². The number of carbonyl (C=O) groups is 1. The SMILES string of the molecule is O=C(CNc1cccc(I)c1)N1CCOCC1. The van der Waals surface area contributed by atoms with Crippen LogP contribution < -0.4 is 5.32 Å². The van der Waals surface area contributed by atoms with Gasteiger partial charge >= 0.3 is 0 Å². The van der Waals surface area contributed by atoms with E-state index in [1.807, 2.05) is 29.2 Å². The summed E-state index contributed by atoms with van der Waals surface area (Å²) in [5, 5.41) is 3.15. The quantitative estimate of drug-likeness (QED) is 0.845. The molecule has 1 saturated heterocycles. The smallest absolute Gasteiger partial charge is 0.242 e. The molecule has 5 heteroatoms. The van der Waals surface area contributed by atoms with Crippen molar-refractivity contribution in [3.05, 3.63) is 27.8 Å². The van der Waals surface area contributed by atoms with Gasteiger partial charge in [-0.25, -0.2) is 0 Å². The number of benzene rings is 1. The second-order valence-electron chi connectivity index (χ2n) is 3.86. The molecule has 1 aliphatic rings. The maximum Gasteiger partial charge on any atom is 0.242 e. The number of rotatable bonds is 3. The van der Waals surface area contributed by atoms with E-state index in [0.717, 1.165) is 9.26 Å². The molecule has 0 spiro atoms. The summed E-state index contributed by atoms with van der Waals surface area (Å²) in [5.74, 6) is 0.132. The molecule has 0 aliphatic carbocycles. The summed E-state index contributed by atoms with van der Waals surface area (Å²) in [5.41, 5.74) is 0.985. The van der Waals surface area contributed by atoms with Crippen molar-refractivity contribution in [2.45, 2.75) is 0 Å². The van der Waals surface area contributed by atoms with Gasteiger partial charge in [0.25, 0.3) is 0 Å². The molecule has 4 nitrogen and oxygen atoms in total. The number of hydrogen-bond donors (Lipinski definition) is 1. The van der Waals surface area contributed by atoms with Gasteiger partial charge in [0.05, 0.1) is 19.8 Å². The summed E-state index contributed by atoms with van der Waals surface area (Å²) in [7, 11) is 0. The Morgan fingerprint density at radius 1 is 1.41 bits per heavy atom. The number of morpholine rings is 1. The predicted molar refractivity (Wildman–Crippen MR) is 75.0 cm³/mol. The topological polar surface area (TPSA) is 41.6 Å². The van der Waals surface area contributed by atoms with E-state index in [4.69, 9.17) is 4.74 Å². The van der Waals surface area contributed by atoms with Gasteiger partial charge in [-0.15, -0.1) is 0 Å². The molecule has 1 fully saturated rings. The molecule has 0 atom stereocenters. The molecule has 0 saturated carbocycles. The standard InChI is InChI=1S/C12H15IN2O2/c13-10-2-1-3-11(8-10)14-9-12(16)15-4-6-17-7-5-15/h1-3,8,14H,4-7,9H2. The van der Waals surface area contributed by atoms with E-state index in [1.54, 1.807) is 0 Å². The fourth-order valence-corrected chi connectivity index (χ4v) is 2.24. The second kappa shape index (κ2) is 6.20. The van der Waals surface area contributed by atoms with Gasteiger partial charge in [-0.3, -0.25) is 4.79 Å². The van der Waals surface area contributed by atoms with Gasteiger partial charge < -0.3 is 15.0 Å². The largest absolute Gasteiger partial charge is 0.378 e. The van der Waals surface area contributed by atoms with Crippen LogP contribution in [0.5, 0.6) is 0 Å². The first-order valence-electron chi connectivity index (χ1n) is 5.60. The average molecular weight is 346 g/mol. The summed E-state index contributed by atoms with van der Waals surface area (Å²) in [6.07, 6.45) is 0. The Kier molecular flexibility index (Phi) is 4.61. The van der Waals surface area contributed by atoms with Crippen molar-refractivity contribution in [3.8, 4) is 0 Å². The highest BCUT2D eigenvalue weighted by molar-refractivity contribution is 14.1. The zero-order valence-electron chi connectivity index (χ0n) is 9.49. The fourth-order valence-electron chi connectivity index (χ4n) is 1.70. The van der Waals surface area contributed by atoms with Gasteiger partial charge in [0.1, 0.15) is 0 Å². The van der Waals surface area contributed by atoms with Crippen LogP contribution in [0.1, 0.15) is 0 Å². The third-order valence-corrected chi connectivity index (χ3v) is 3.30. The minimum absolute atomic E-state index is 0.132. The Morgan fingerprint density at radius 2 is 2.18 bits per heavy atom. The van der Waals surface area contributed by atoms with Crippen LogP contribution in [-0.4, -0.2) is 43.7 Å². The van der Waals surface area contributed by atoms with Crippen molar-refractivity contribution in [3.63, 3.8) is 0 Å². The van der Waals surface area contributed by atoms with Gasteiger partial charge in [-0.1, -0.05) is 6.07 Å². The lowest BCUT2D eigenvalue weighted by atomic mass is 10.3. The first-order valence-corrected chi connectivity index (χ1v) is 6.68. The first-order chi connectivity index (χ1) is 8.25. The number of ether oxygens (including phenoxy) is 1. The fraction of sp³-hybridized carbons (Fsp3) is 0.417. The first kappa shape index (κ1) is 12.6. The molecule has 0 aromatic heterocycles. The van der Waals surface area contributed by atoms with E-state index < -0.39 is 0 Å². The van der Waals surface area contributed by atoms with Gasteiger partial charge in [0.15, 0.2) is 0 Å². The van der Waals surface area contributed by atoms with Gasteiger partial charge in [0, 0.05) is 22.3 Å². The van der Waals surface area contributed by atoms with E-state index >= 15 is 0 Å². The molecule has 2 rings (SSSR count). The van der Waals surface area contributed by atoms with Crippen LogP contribution in [0.25, 0.3) is 0 Å². The normalized spacial score (nSPS) is 15.7. The van der Waals surface area contributed by atoms with Crippen LogP contribution in [0.4, 0.5) is 5.69 Å². The number of nitrogens with one attached hydrogen (secondary N) is 1. The molecule has 1 N–H and O–H groups in total. The Bertz CT molecular complexity index is 392. The summed E-state index contributed by atoms with van der Waals surface area (Å²) in [4.78, 5) is 13.7. The van der Waals surface area contributed by atoms with Crippen molar-refractivity contribution in [1.29, 1.82) is 0 Å². The highest BCUT2D eigenvalue weighted by Crippen LogP contribution is 2.12. The summed E-state index contributed by atoms with van der Waals surface area (Å²) < 4.78 is 6.37. The predicted octanol–water partition coefficient (Wildman–Crippen LogP) is 1.56. The molecule has 1 aromatic carbocycles. The van der Waals surface area contributed by atoms with Crippen molar-refractivity contribution in [2.24, 2.45) is 0 Å². The minimum Gasteiger partial charge on any atom is -0.378 e. The van der Waals surface area contributed by atoms with Crippen LogP contribution in [0.15, 0.2) is 24.3 Å². The number of halogens is 1. The van der Waals surface area contributed by atoms with Crippen molar-refractivity contribution in [1.82, 2.24) is 4.90 Å². The van der Waals surface area contributed by atoms with Gasteiger partial charge in [-0.05, 0) is 40.8 Å². The number of anilines is 1. The van der Waals surface area contributed by atoms with Crippen molar-refractivity contribution < 1.29 is 9.53 Å². The highest BCUT2D eigenvalue weighted by atomic mass is 127. The molecular formula is C12H15IN2O2. The molecular weight excluding hydrogens is 331 g/mol. The van der Waals surface area contributed by atoms with Crippen LogP contribution in [0.3, 0.4) is 0 Å². The van der Waals surface area contributed by atoms with E-state index in [9.17, 15) is 4.79 Å². The van der Waals surface area contributed by atoms with Crippen LogP contribution in [0, 0.1) is 3.57 Å². The van der Waals surface area contributed by atoms with Gasteiger partial charge in [0.2, 0.25) is 5.91 Å². The maximum atomic E-state index is 11.9. The Hall–Kier alpha value is -0.820. The molecule has 0 radical (unpaired) electrons.